The number of hydrogen-bond donors (Lipinski definition) is 0. The molecule has 3 aliphatic heterocycles. The Morgan fingerprint density at radius 3 is 2.72 bits per heavy atom. The lowest BCUT2D eigenvalue weighted by Crippen LogP contribution is -2.37. The number of anilines is 2. The molecular formula is C28H37ClN4O2S. The number of likely N-dealkylation sites (tertiary alicyclic amines) is 2. The van der Waals surface area contributed by atoms with E-state index < -0.39 is 5.60 Å². The van der Waals surface area contributed by atoms with E-state index in [4.69, 9.17) is 16.3 Å². The molecule has 4 heterocycles. The summed E-state index contributed by atoms with van der Waals surface area (Å²) in [6.45, 7) is 11.7. The van der Waals surface area contributed by atoms with E-state index in [1.807, 2.05) is 44.0 Å². The van der Waals surface area contributed by atoms with Crippen molar-refractivity contribution in [2.24, 2.45) is 5.41 Å². The Balaban J connectivity index is 1.09. The molecule has 0 saturated carbocycles. The van der Waals surface area contributed by atoms with Gasteiger partial charge in [0.15, 0.2) is 0 Å². The highest BCUT2D eigenvalue weighted by Gasteiger charge is 2.45. The van der Waals surface area contributed by atoms with E-state index in [9.17, 15) is 4.79 Å². The molecule has 2 saturated heterocycles. The van der Waals surface area contributed by atoms with Crippen LogP contribution in [0.4, 0.5) is 16.3 Å². The van der Waals surface area contributed by atoms with Crippen LogP contribution in [0, 0.1) is 5.41 Å². The van der Waals surface area contributed by atoms with Crippen molar-refractivity contribution in [3.8, 4) is 0 Å². The Kier molecular flexibility index (Phi) is 7.44. The molecular weight excluding hydrogens is 492 g/mol. The number of carbonyl (C=O) groups is 1. The Hall–Kier alpha value is -1.96. The molecule has 2 aromatic rings. The van der Waals surface area contributed by atoms with Gasteiger partial charge >= 0.3 is 6.09 Å². The van der Waals surface area contributed by atoms with E-state index >= 15 is 0 Å². The largest absolute Gasteiger partial charge is 0.444 e. The molecule has 0 aliphatic carbocycles. The number of rotatable bonds is 6. The van der Waals surface area contributed by atoms with Gasteiger partial charge in [0.05, 0.1) is 10.6 Å². The molecule has 1 aromatic heterocycles. The van der Waals surface area contributed by atoms with E-state index in [1.54, 1.807) is 11.8 Å². The van der Waals surface area contributed by atoms with Crippen LogP contribution in [0.2, 0.25) is 5.02 Å². The van der Waals surface area contributed by atoms with Gasteiger partial charge in [0.1, 0.15) is 11.4 Å². The molecule has 194 valence electrons. The van der Waals surface area contributed by atoms with Gasteiger partial charge in [-0.2, -0.15) is 0 Å². The molecule has 3 aliphatic rings. The first-order valence-electron chi connectivity index (χ1n) is 13.1. The van der Waals surface area contributed by atoms with Crippen LogP contribution in [-0.2, 0) is 4.74 Å². The Morgan fingerprint density at radius 1 is 1.08 bits per heavy atom. The maximum absolute atomic E-state index is 12.5. The van der Waals surface area contributed by atoms with Gasteiger partial charge in [-0.15, -0.1) is 0 Å². The van der Waals surface area contributed by atoms with Gasteiger partial charge in [0, 0.05) is 47.7 Å². The second-order valence-electron chi connectivity index (χ2n) is 11.4. The van der Waals surface area contributed by atoms with Gasteiger partial charge in [-0.25, -0.2) is 9.78 Å². The van der Waals surface area contributed by atoms with Crippen LogP contribution in [0.25, 0.3) is 0 Å². The van der Waals surface area contributed by atoms with Crippen molar-refractivity contribution in [2.45, 2.75) is 68.3 Å². The van der Waals surface area contributed by atoms with Crippen LogP contribution in [0.1, 0.15) is 52.9 Å². The van der Waals surface area contributed by atoms with Crippen LogP contribution in [-0.4, -0.2) is 65.7 Å². The molecule has 1 aromatic carbocycles. The molecule has 0 radical (unpaired) electrons. The summed E-state index contributed by atoms with van der Waals surface area (Å²) in [5, 5.41) is 0.763. The lowest BCUT2D eigenvalue weighted by Gasteiger charge is -2.31. The van der Waals surface area contributed by atoms with E-state index in [2.05, 4.69) is 33.0 Å². The predicted octanol–water partition coefficient (Wildman–Crippen LogP) is 6.84. The fourth-order valence-corrected chi connectivity index (χ4v) is 6.88. The van der Waals surface area contributed by atoms with Crippen molar-refractivity contribution >= 4 is 41.0 Å². The summed E-state index contributed by atoms with van der Waals surface area (Å²) in [6, 6.07) is 10.3. The average molecular weight is 529 g/mol. The van der Waals surface area contributed by atoms with Crippen LogP contribution in [0.3, 0.4) is 0 Å². The molecule has 1 spiro atoms. The van der Waals surface area contributed by atoms with Crippen molar-refractivity contribution in [1.82, 2.24) is 14.8 Å². The van der Waals surface area contributed by atoms with Gasteiger partial charge in [0.25, 0.3) is 0 Å². The average Bonchev–Trinajstić information content (AvgIpc) is 3.44. The van der Waals surface area contributed by atoms with Gasteiger partial charge in [-0.05, 0) is 89.9 Å². The Morgan fingerprint density at radius 2 is 1.89 bits per heavy atom. The number of hydrogen-bond acceptors (Lipinski definition) is 6. The topological polar surface area (TPSA) is 48.9 Å². The SMILES string of the molecule is CC(C)(C)OC(=O)N1CCC2(CCN(CCCCCN3c4cc(Cl)ccc4Sc4cccnc43)C2)C1. The first-order chi connectivity index (χ1) is 17.2. The number of ether oxygens (including phenoxy) is 1. The molecule has 8 heteroatoms. The maximum atomic E-state index is 12.5. The quantitative estimate of drug-likeness (QED) is 0.382. The summed E-state index contributed by atoms with van der Waals surface area (Å²) in [7, 11) is 0. The normalized spacial score (nSPS) is 21.7. The molecule has 5 rings (SSSR count). The zero-order valence-electron chi connectivity index (χ0n) is 21.6. The predicted molar refractivity (Wildman–Crippen MR) is 147 cm³/mol. The highest BCUT2D eigenvalue weighted by atomic mass is 35.5. The highest BCUT2D eigenvalue weighted by Crippen LogP contribution is 2.48. The fraction of sp³-hybridized carbons (Fsp3) is 0.571. The molecule has 2 fully saturated rings. The minimum Gasteiger partial charge on any atom is -0.444 e. The molecule has 1 atom stereocenters. The molecule has 1 unspecified atom stereocenters. The monoisotopic (exact) mass is 528 g/mol. The van der Waals surface area contributed by atoms with Crippen LogP contribution < -0.4 is 4.90 Å². The number of fused-ring (bicyclic) bond motifs is 2. The highest BCUT2D eigenvalue weighted by molar-refractivity contribution is 7.99. The minimum absolute atomic E-state index is 0.159. The lowest BCUT2D eigenvalue weighted by molar-refractivity contribution is 0.0274. The third kappa shape index (κ3) is 5.79. The molecule has 0 bridgehead atoms. The van der Waals surface area contributed by atoms with Crippen LogP contribution >= 0.6 is 23.4 Å². The second kappa shape index (κ2) is 10.4. The summed E-state index contributed by atoms with van der Waals surface area (Å²) in [6.07, 6.45) is 7.45. The smallest absolute Gasteiger partial charge is 0.410 e. The van der Waals surface area contributed by atoms with Gasteiger partial charge in [-0.3, -0.25) is 0 Å². The molecule has 6 nitrogen and oxygen atoms in total. The minimum atomic E-state index is -0.436. The number of carbonyl (C=O) groups excluding carboxylic acids is 1. The Bertz CT molecular complexity index is 1110. The first-order valence-corrected chi connectivity index (χ1v) is 14.3. The van der Waals surface area contributed by atoms with Gasteiger partial charge in [0.2, 0.25) is 0 Å². The number of benzene rings is 1. The van der Waals surface area contributed by atoms with Crippen molar-refractivity contribution < 1.29 is 9.53 Å². The number of unbranched alkanes of at least 4 members (excludes halogenated alkanes) is 2. The zero-order chi connectivity index (χ0) is 25.3. The van der Waals surface area contributed by atoms with Crippen LogP contribution in [0.15, 0.2) is 46.3 Å². The first kappa shape index (κ1) is 25.7. The van der Waals surface area contributed by atoms with E-state index in [-0.39, 0.29) is 11.5 Å². The van der Waals surface area contributed by atoms with E-state index in [1.165, 1.54) is 29.1 Å². The number of amides is 1. The summed E-state index contributed by atoms with van der Waals surface area (Å²) in [5.41, 5.74) is 0.977. The summed E-state index contributed by atoms with van der Waals surface area (Å²) < 4.78 is 5.60. The van der Waals surface area contributed by atoms with Crippen molar-refractivity contribution in [3.63, 3.8) is 0 Å². The van der Waals surface area contributed by atoms with Crippen molar-refractivity contribution in [2.75, 3.05) is 44.2 Å². The van der Waals surface area contributed by atoms with Crippen LogP contribution in [0.5, 0.6) is 0 Å². The number of nitrogens with zero attached hydrogens (tertiary/aromatic N) is 4. The van der Waals surface area contributed by atoms with Crippen molar-refractivity contribution in [3.05, 3.63) is 41.6 Å². The van der Waals surface area contributed by atoms with E-state index in [0.717, 1.165) is 68.6 Å². The molecule has 36 heavy (non-hydrogen) atoms. The number of halogens is 1. The summed E-state index contributed by atoms with van der Waals surface area (Å²) in [4.78, 5) is 26.5. The Labute approximate surface area is 224 Å². The van der Waals surface area contributed by atoms with E-state index in [0.29, 0.717) is 0 Å². The number of aromatic nitrogens is 1. The zero-order valence-corrected chi connectivity index (χ0v) is 23.2. The molecule has 0 N–H and O–H groups in total. The van der Waals surface area contributed by atoms with Gasteiger partial charge < -0.3 is 19.4 Å². The number of pyridine rings is 1. The maximum Gasteiger partial charge on any atom is 0.410 e. The van der Waals surface area contributed by atoms with Crippen molar-refractivity contribution in [1.29, 1.82) is 0 Å². The third-order valence-electron chi connectivity index (χ3n) is 7.40. The van der Waals surface area contributed by atoms with Gasteiger partial charge in [-0.1, -0.05) is 29.8 Å². The summed E-state index contributed by atoms with van der Waals surface area (Å²) >= 11 is 8.11. The summed E-state index contributed by atoms with van der Waals surface area (Å²) in [5.74, 6) is 1.04. The second-order valence-corrected chi connectivity index (χ2v) is 12.9. The third-order valence-corrected chi connectivity index (χ3v) is 8.74. The fourth-order valence-electron chi connectivity index (χ4n) is 5.66. The standard InChI is InChI=1S/C28H37ClN4O2S/c1-27(2,3)35-26(34)32-17-12-28(20-32)11-16-31(19-28)14-5-4-6-15-33-22-18-21(29)9-10-23(22)36-24-8-7-13-30-25(24)33/h7-10,13,18H,4-6,11-12,14-17,19-20H2,1-3H3. The molecule has 1 amide bonds. The lowest BCUT2D eigenvalue weighted by atomic mass is 9.86.